The number of ether oxygens (including phenoxy) is 1. The van der Waals surface area contributed by atoms with E-state index < -0.39 is 0 Å². The third-order valence-corrected chi connectivity index (χ3v) is 2.52. The summed E-state index contributed by atoms with van der Waals surface area (Å²) in [5, 5.41) is 12.5. The topological polar surface area (TPSA) is 41.5 Å². The van der Waals surface area contributed by atoms with E-state index in [2.05, 4.69) is 25.7 Å². The van der Waals surface area contributed by atoms with Crippen LogP contribution in [0.25, 0.3) is 0 Å². The molecule has 1 unspecified atom stereocenters. The van der Waals surface area contributed by atoms with E-state index in [-0.39, 0.29) is 12.0 Å². The molecule has 2 N–H and O–H groups in total. The molecular weight excluding hydrogens is 178 g/mol. The summed E-state index contributed by atoms with van der Waals surface area (Å²) in [4.78, 5) is 0. The number of aliphatic hydroxyl groups is 1. The predicted octanol–water partition coefficient (Wildman–Crippen LogP) is 1.53. The van der Waals surface area contributed by atoms with Gasteiger partial charge in [-0.15, -0.1) is 0 Å². The summed E-state index contributed by atoms with van der Waals surface area (Å²) in [5.41, 5.74) is 0.0132. The van der Waals surface area contributed by atoms with Gasteiger partial charge in [0.1, 0.15) is 0 Å². The highest BCUT2D eigenvalue weighted by atomic mass is 16.5. The molecule has 0 saturated carbocycles. The van der Waals surface area contributed by atoms with Crippen LogP contribution in [0.5, 0.6) is 0 Å². The average molecular weight is 201 g/mol. The van der Waals surface area contributed by atoms with E-state index in [1.165, 1.54) is 6.26 Å². The molecule has 1 atom stereocenters. The fraction of sp³-hybridized carbons (Fsp3) is 0.818. The van der Waals surface area contributed by atoms with Crippen LogP contribution >= 0.6 is 0 Å². The third kappa shape index (κ3) is 6.00. The molecule has 0 aliphatic rings. The molecule has 0 radical (unpaired) electrons. The van der Waals surface area contributed by atoms with Gasteiger partial charge in [-0.3, -0.25) is 0 Å². The molecule has 0 aromatic carbocycles. The molecule has 84 valence electrons. The summed E-state index contributed by atoms with van der Waals surface area (Å²) >= 11 is 0. The van der Waals surface area contributed by atoms with Gasteiger partial charge in [0.15, 0.2) is 0 Å². The first-order valence-corrected chi connectivity index (χ1v) is 5.22. The lowest BCUT2D eigenvalue weighted by Crippen LogP contribution is -2.35. The molecule has 0 aromatic rings. The van der Waals surface area contributed by atoms with Crippen molar-refractivity contribution in [3.8, 4) is 0 Å². The number of nitrogens with one attached hydrogen (secondary N) is 1. The van der Waals surface area contributed by atoms with Gasteiger partial charge in [-0.25, -0.2) is 0 Å². The maximum atomic E-state index is 9.15. The van der Waals surface area contributed by atoms with Gasteiger partial charge in [-0.05, 0) is 19.4 Å². The number of hydrogen-bond donors (Lipinski definition) is 2. The lowest BCUT2D eigenvalue weighted by molar-refractivity contribution is 0.134. The van der Waals surface area contributed by atoms with E-state index in [1.807, 2.05) is 0 Å². The Kier molecular flexibility index (Phi) is 7.52. The fourth-order valence-electron chi connectivity index (χ4n) is 1.05. The molecule has 0 bridgehead atoms. The molecule has 3 nitrogen and oxygen atoms in total. The van der Waals surface area contributed by atoms with Crippen LogP contribution in [0.1, 0.15) is 26.7 Å². The van der Waals surface area contributed by atoms with Crippen molar-refractivity contribution in [3.05, 3.63) is 12.8 Å². The molecule has 0 saturated heterocycles. The summed E-state index contributed by atoms with van der Waals surface area (Å²) in [7, 11) is 0. The molecule has 0 heterocycles. The Bertz CT molecular complexity index is 144. The van der Waals surface area contributed by atoms with Gasteiger partial charge in [-0.2, -0.15) is 0 Å². The zero-order valence-electron chi connectivity index (χ0n) is 9.38. The molecule has 0 aliphatic heterocycles. The molecule has 0 fully saturated rings. The molecule has 0 aliphatic carbocycles. The second-order valence-corrected chi connectivity index (χ2v) is 3.89. The normalized spacial score (nSPS) is 14.8. The first kappa shape index (κ1) is 13.5. The summed E-state index contributed by atoms with van der Waals surface area (Å²) in [5.74, 6) is 0. The Morgan fingerprint density at radius 1 is 1.57 bits per heavy atom. The van der Waals surface area contributed by atoms with Crippen molar-refractivity contribution in [1.29, 1.82) is 0 Å². The Morgan fingerprint density at radius 3 is 2.79 bits per heavy atom. The van der Waals surface area contributed by atoms with E-state index in [0.29, 0.717) is 6.61 Å². The number of hydrogen-bond acceptors (Lipinski definition) is 3. The lowest BCUT2D eigenvalue weighted by Gasteiger charge is -2.25. The standard InChI is InChI=1S/C11H23NO2/c1-4-11(3,10-13)9-12-7-6-8-14-5-2/h5,12-13H,2,4,6-10H2,1,3H3. The lowest BCUT2D eigenvalue weighted by atomic mass is 9.89. The van der Waals surface area contributed by atoms with Gasteiger partial charge in [0.2, 0.25) is 0 Å². The summed E-state index contributed by atoms with van der Waals surface area (Å²) in [6.45, 7) is 10.4. The smallest absolute Gasteiger partial charge is 0.0885 e. The van der Waals surface area contributed by atoms with Crippen molar-refractivity contribution in [2.24, 2.45) is 5.41 Å². The van der Waals surface area contributed by atoms with Crippen LogP contribution in [0.15, 0.2) is 12.8 Å². The second-order valence-electron chi connectivity index (χ2n) is 3.89. The predicted molar refractivity (Wildman–Crippen MR) is 59.1 cm³/mol. The Hall–Kier alpha value is -0.540. The first-order chi connectivity index (χ1) is 6.68. The molecule has 0 spiro atoms. The van der Waals surface area contributed by atoms with Gasteiger partial charge >= 0.3 is 0 Å². The largest absolute Gasteiger partial charge is 0.502 e. The van der Waals surface area contributed by atoms with E-state index in [9.17, 15) is 0 Å². The molecule has 0 aromatic heterocycles. The summed E-state index contributed by atoms with van der Waals surface area (Å²) in [6.07, 6.45) is 3.42. The minimum Gasteiger partial charge on any atom is -0.502 e. The van der Waals surface area contributed by atoms with Crippen LogP contribution < -0.4 is 5.32 Å². The SMILES string of the molecule is C=COCCCNCC(C)(CC)CO. The van der Waals surface area contributed by atoms with Crippen LogP contribution in [0.4, 0.5) is 0 Å². The van der Waals surface area contributed by atoms with Crippen molar-refractivity contribution in [1.82, 2.24) is 5.32 Å². The van der Waals surface area contributed by atoms with Crippen molar-refractivity contribution < 1.29 is 9.84 Å². The Labute approximate surface area is 87.2 Å². The maximum absolute atomic E-state index is 9.15. The van der Waals surface area contributed by atoms with Crippen molar-refractivity contribution >= 4 is 0 Å². The molecule has 0 rings (SSSR count). The monoisotopic (exact) mass is 201 g/mol. The highest BCUT2D eigenvalue weighted by molar-refractivity contribution is 4.73. The van der Waals surface area contributed by atoms with E-state index in [1.54, 1.807) is 0 Å². The number of rotatable bonds is 9. The van der Waals surface area contributed by atoms with Crippen LogP contribution in [0, 0.1) is 5.41 Å². The second kappa shape index (κ2) is 7.83. The van der Waals surface area contributed by atoms with Gasteiger partial charge in [-0.1, -0.05) is 20.4 Å². The van der Waals surface area contributed by atoms with Crippen LogP contribution in [0.2, 0.25) is 0 Å². The number of aliphatic hydroxyl groups excluding tert-OH is 1. The fourth-order valence-corrected chi connectivity index (χ4v) is 1.05. The zero-order chi connectivity index (χ0) is 10.9. The van der Waals surface area contributed by atoms with Crippen LogP contribution in [-0.2, 0) is 4.74 Å². The minimum atomic E-state index is 0.0132. The van der Waals surface area contributed by atoms with Crippen LogP contribution in [0.3, 0.4) is 0 Å². The Morgan fingerprint density at radius 2 is 2.29 bits per heavy atom. The summed E-state index contributed by atoms with van der Waals surface area (Å²) in [6, 6.07) is 0. The quantitative estimate of drug-likeness (QED) is 0.439. The van der Waals surface area contributed by atoms with Crippen molar-refractivity contribution in [2.75, 3.05) is 26.3 Å². The average Bonchev–Trinajstić information content (AvgIpc) is 2.23. The van der Waals surface area contributed by atoms with Gasteiger partial charge in [0.05, 0.1) is 12.9 Å². The van der Waals surface area contributed by atoms with E-state index in [4.69, 9.17) is 9.84 Å². The highest BCUT2D eigenvalue weighted by Crippen LogP contribution is 2.17. The van der Waals surface area contributed by atoms with Crippen LogP contribution in [-0.4, -0.2) is 31.4 Å². The molecule has 3 heteroatoms. The molecule has 0 amide bonds. The van der Waals surface area contributed by atoms with Gasteiger partial charge < -0.3 is 15.2 Å². The first-order valence-electron chi connectivity index (χ1n) is 5.22. The molecule has 14 heavy (non-hydrogen) atoms. The van der Waals surface area contributed by atoms with E-state index >= 15 is 0 Å². The third-order valence-electron chi connectivity index (χ3n) is 2.52. The van der Waals surface area contributed by atoms with Gasteiger partial charge in [0, 0.05) is 18.6 Å². The van der Waals surface area contributed by atoms with Crippen molar-refractivity contribution in [3.63, 3.8) is 0 Å². The molecular formula is C11H23NO2. The van der Waals surface area contributed by atoms with Gasteiger partial charge in [0.25, 0.3) is 0 Å². The maximum Gasteiger partial charge on any atom is 0.0885 e. The Balaban J connectivity index is 3.38. The van der Waals surface area contributed by atoms with Crippen molar-refractivity contribution in [2.45, 2.75) is 26.7 Å². The zero-order valence-corrected chi connectivity index (χ0v) is 9.38. The minimum absolute atomic E-state index is 0.0132. The van der Waals surface area contributed by atoms with E-state index in [0.717, 1.165) is 25.9 Å². The summed E-state index contributed by atoms with van der Waals surface area (Å²) < 4.78 is 4.99. The highest BCUT2D eigenvalue weighted by Gasteiger charge is 2.19.